The van der Waals surface area contributed by atoms with Gasteiger partial charge in [-0.3, -0.25) is 0 Å². The van der Waals surface area contributed by atoms with E-state index in [1.165, 1.54) is 0 Å². The average molecular weight is 267 g/mol. The van der Waals surface area contributed by atoms with E-state index in [2.05, 4.69) is 0 Å². The zero-order valence-corrected chi connectivity index (χ0v) is 11.5. The van der Waals surface area contributed by atoms with Gasteiger partial charge in [-0.2, -0.15) is 0 Å². The summed E-state index contributed by atoms with van der Waals surface area (Å²) in [5.41, 5.74) is 0. The Kier molecular flexibility index (Phi) is 124. The third kappa shape index (κ3) is 18.6. The van der Waals surface area contributed by atoms with Crippen LogP contribution in [0.2, 0.25) is 0 Å². The molecule has 0 saturated heterocycles. The fraction of sp³-hybridized carbons (Fsp3) is 0. The van der Waals surface area contributed by atoms with Crippen LogP contribution in [0.4, 0.5) is 0 Å². The van der Waals surface area contributed by atoms with Crippen LogP contribution in [0.15, 0.2) is 0 Å². The number of rotatable bonds is 0. The van der Waals surface area contributed by atoms with Gasteiger partial charge in [-0.1, -0.05) is 0 Å². The van der Waals surface area contributed by atoms with E-state index in [1.807, 2.05) is 0 Å². The molecule has 0 spiro atoms. The van der Waals surface area contributed by atoms with E-state index in [1.54, 1.807) is 0 Å². The van der Waals surface area contributed by atoms with Crippen molar-refractivity contribution in [1.29, 1.82) is 0 Å². The molecular weight excluding hydrogens is 267 g/mol. The summed E-state index contributed by atoms with van der Waals surface area (Å²) in [6, 6.07) is 0. The van der Waals surface area contributed by atoms with Crippen molar-refractivity contribution < 1.29 is 54.4 Å². The molecule has 5 heteroatoms. The standard InChI is InChI=1S/Ba.3ClH.Na/h;3*1H;/q+2;;;;+1/p-3. The van der Waals surface area contributed by atoms with E-state index < -0.39 is 0 Å². The van der Waals surface area contributed by atoms with Gasteiger partial charge in [0, 0.05) is 0 Å². The molecule has 0 N–H and O–H groups in total. The molecule has 0 aliphatic rings. The van der Waals surface area contributed by atoms with Crippen molar-refractivity contribution in [2.45, 2.75) is 0 Å². The van der Waals surface area contributed by atoms with Crippen LogP contribution in [0.5, 0.6) is 0 Å². The van der Waals surface area contributed by atoms with Crippen LogP contribution < -0.4 is 54.4 Å². The molecule has 0 aliphatic carbocycles. The van der Waals surface area contributed by atoms with Crippen LogP contribution in [-0.2, 0) is 0 Å². The normalized spacial score (nSPS) is 1.40. The third-order valence-electron chi connectivity index (χ3n) is 0. The van der Waals surface area contributed by atoms with Gasteiger partial charge in [0.15, 0.2) is 0 Å². The first-order valence-electron chi connectivity index (χ1n) is 0.267. The molecule has 0 radical (unpaired) electrons. The van der Waals surface area contributed by atoms with E-state index in [4.69, 9.17) is 4.25 Å². The minimum atomic E-state index is 0. The molecule has 0 fully saturated rings. The van der Waals surface area contributed by atoms with Crippen molar-refractivity contribution in [1.82, 2.24) is 0 Å². The summed E-state index contributed by atoms with van der Waals surface area (Å²) in [6.45, 7) is 0. The molecule has 0 unspecified atom stereocenters. The smallest absolute Gasteiger partial charge is 1.00 e. The molecule has 0 rings (SSSR count). The maximum atomic E-state index is 4.83. The Morgan fingerprint density at radius 1 is 1.00 bits per heavy atom. The van der Waals surface area contributed by atoms with Crippen LogP contribution >= 0.6 is 4.25 Å². The fourth-order valence-electron chi connectivity index (χ4n) is 0. The first kappa shape index (κ1) is 23.7. The summed E-state index contributed by atoms with van der Waals surface area (Å²) in [6.07, 6.45) is 0. The molecule has 0 amide bonds. The van der Waals surface area contributed by atoms with Crippen molar-refractivity contribution in [3.63, 3.8) is 0 Å². The predicted molar refractivity (Wildman–Crippen MR) is 11.6 cm³/mol. The van der Waals surface area contributed by atoms with Crippen LogP contribution in [0, 0.1) is 0 Å². The van der Waals surface area contributed by atoms with Gasteiger partial charge in [0.25, 0.3) is 0 Å². The molecule has 0 atom stereocenters. The topological polar surface area (TPSA) is 0 Å². The fourth-order valence-corrected chi connectivity index (χ4v) is 0. The third-order valence-corrected chi connectivity index (χ3v) is 0. The monoisotopic (exact) mass is 266 g/mol. The minimum absolute atomic E-state index is 0. The first-order valence-corrected chi connectivity index (χ1v) is 5.84. The Labute approximate surface area is 101 Å². The number of halogens is 3. The van der Waals surface area contributed by atoms with Gasteiger partial charge < -0.3 is 24.8 Å². The molecule has 0 bridgehead atoms. The Morgan fingerprint density at radius 2 is 1.00 bits per heavy atom. The Bertz CT molecular complexity index is 6.85. The van der Waals surface area contributed by atoms with Gasteiger partial charge in [0.05, 0.1) is 0 Å². The quantitative estimate of drug-likeness (QED) is 0.382. The Hall–Kier alpha value is 3.44. The molecule has 0 heterocycles. The maximum absolute atomic E-state index is 4.83. The zero-order chi connectivity index (χ0) is 2.00. The summed E-state index contributed by atoms with van der Waals surface area (Å²) in [5.74, 6) is 0. The second-order valence-corrected chi connectivity index (χ2v) is 0. The Balaban J connectivity index is -0.00000000167. The van der Waals surface area contributed by atoms with Gasteiger partial charge >= 0.3 is 78.6 Å². The molecule has 24 valence electrons. The second kappa shape index (κ2) is 26.1. The van der Waals surface area contributed by atoms with Crippen LogP contribution in [-0.4, -0.2) is 44.8 Å². The van der Waals surface area contributed by atoms with Crippen molar-refractivity contribution >= 4 is 49.0 Å². The largest absolute Gasteiger partial charge is 1.00 e. The van der Waals surface area contributed by atoms with Gasteiger partial charge in [0.1, 0.15) is 0 Å². The molecule has 0 aromatic rings. The van der Waals surface area contributed by atoms with Crippen molar-refractivity contribution in [2.24, 2.45) is 0 Å². The van der Waals surface area contributed by atoms with Gasteiger partial charge in [-0.15, -0.1) is 0 Å². The van der Waals surface area contributed by atoms with E-state index >= 15 is 0 Å². The van der Waals surface area contributed by atoms with E-state index in [0.717, 1.165) is 0 Å². The van der Waals surface area contributed by atoms with Crippen LogP contribution in [0.25, 0.3) is 0 Å². The van der Waals surface area contributed by atoms with Crippen molar-refractivity contribution in [2.75, 3.05) is 0 Å². The average Bonchev–Trinajstić information content (AvgIpc) is 1.00. The number of hydrogen-bond acceptors (Lipinski definition) is 0. The summed E-state index contributed by atoms with van der Waals surface area (Å²) < 4.78 is 4.83. The molecular formula is BaCl3Na. The first-order chi connectivity index (χ1) is 1.00. The van der Waals surface area contributed by atoms with E-state index in [9.17, 15) is 0 Å². The summed E-state index contributed by atoms with van der Waals surface area (Å²) >= 11 is 0.500. The zero-order valence-electron chi connectivity index (χ0n) is 2.84. The molecule has 0 aromatic carbocycles. The van der Waals surface area contributed by atoms with E-state index in [0.29, 0.717) is 44.8 Å². The minimum Gasteiger partial charge on any atom is 1.00 e. The predicted octanol–water partition coefficient (Wildman–Crippen LogP) is -8.68. The molecule has 0 aliphatic heterocycles. The molecule has 5 heavy (non-hydrogen) atoms. The molecule has 0 nitrogen and oxygen atoms in total. The summed E-state index contributed by atoms with van der Waals surface area (Å²) in [4.78, 5) is 0. The molecule has 0 saturated carbocycles. The van der Waals surface area contributed by atoms with Crippen LogP contribution in [0.3, 0.4) is 0 Å². The molecule has 0 aromatic heterocycles. The maximum Gasteiger partial charge on any atom is 1.00 e. The summed E-state index contributed by atoms with van der Waals surface area (Å²) in [5, 5.41) is 0. The van der Waals surface area contributed by atoms with Gasteiger partial charge in [0.2, 0.25) is 0 Å². The SMILES string of the molecule is [Cl-].[Cl-].[Cl][Ba+].[Na+]. The van der Waals surface area contributed by atoms with Gasteiger partial charge in [-0.05, 0) is 0 Å². The van der Waals surface area contributed by atoms with Crippen molar-refractivity contribution in [3.05, 3.63) is 0 Å². The van der Waals surface area contributed by atoms with Crippen LogP contribution in [0.1, 0.15) is 0 Å². The Morgan fingerprint density at radius 3 is 1.00 bits per heavy atom. The number of hydrogen-bond donors (Lipinski definition) is 0. The van der Waals surface area contributed by atoms with Crippen molar-refractivity contribution in [3.8, 4) is 0 Å². The summed E-state index contributed by atoms with van der Waals surface area (Å²) in [7, 11) is 0. The van der Waals surface area contributed by atoms with E-state index in [-0.39, 0.29) is 54.4 Å². The van der Waals surface area contributed by atoms with Gasteiger partial charge in [-0.25, -0.2) is 0 Å². The second-order valence-electron chi connectivity index (χ2n) is 0.